The topological polar surface area (TPSA) is 55.1 Å². The van der Waals surface area contributed by atoms with Crippen LogP contribution in [-0.2, 0) is 11.3 Å². The first-order valence-electron chi connectivity index (χ1n) is 4.76. The third kappa shape index (κ3) is 2.96. The zero-order chi connectivity index (χ0) is 11.6. The summed E-state index contributed by atoms with van der Waals surface area (Å²) in [5.74, 6) is -0.794. The summed E-state index contributed by atoms with van der Waals surface area (Å²) in [6.45, 7) is 5.79. The van der Waals surface area contributed by atoms with E-state index < -0.39 is 11.4 Å². The van der Waals surface area contributed by atoms with Crippen molar-refractivity contribution in [1.29, 1.82) is 0 Å². The van der Waals surface area contributed by atoms with Crippen LogP contribution < -0.4 is 0 Å². The largest absolute Gasteiger partial charge is 0.481 e. The van der Waals surface area contributed by atoms with Gasteiger partial charge in [-0.2, -0.15) is 5.10 Å². The molecule has 1 aromatic heterocycles. The molecule has 15 heavy (non-hydrogen) atoms. The molecule has 1 heterocycles. The summed E-state index contributed by atoms with van der Waals surface area (Å²) in [5.41, 5.74) is 0.0385. The number of hydrogen-bond donors (Lipinski definition) is 1. The first-order chi connectivity index (χ1) is 6.83. The van der Waals surface area contributed by atoms with Crippen LogP contribution in [0.5, 0.6) is 0 Å². The number of hydrogen-bond acceptors (Lipinski definition) is 2. The van der Waals surface area contributed by atoms with E-state index in [1.54, 1.807) is 24.7 Å². The second-order valence-corrected chi connectivity index (χ2v) is 4.67. The summed E-state index contributed by atoms with van der Waals surface area (Å²) in [6.07, 6.45) is 2.24. The fourth-order valence-electron chi connectivity index (χ4n) is 1.11. The average molecular weight is 231 g/mol. The summed E-state index contributed by atoms with van der Waals surface area (Å²) in [7, 11) is 0. The van der Waals surface area contributed by atoms with Crippen molar-refractivity contribution in [3.05, 3.63) is 16.9 Å². The van der Waals surface area contributed by atoms with Crippen LogP contribution in [0.4, 0.5) is 0 Å². The summed E-state index contributed by atoms with van der Waals surface area (Å²) < 4.78 is 1.68. The van der Waals surface area contributed by atoms with Gasteiger partial charge in [0, 0.05) is 12.7 Å². The number of rotatable bonds is 4. The zero-order valence-corrected chi connectivity index (χ0v) is 9.88. The lowest BCUT2D eigenvalue weighted by Crippen LogP contribution is -2.25. The highest BCUT2D eigenvalue weighted by Crippen LogP contribution is 2.22. The molecule has 1 aromatic rings. The first kappa shape index (κ1) is 12.0. The Morgan fingerprint density at radius 3 is 2.67 bits per heavy atom. The van der Waals surface area contributed by atoms with Gasteiger partial charge in [0.2, 0.25) is 0 Å². The normalized spacial score (nSPS) is 11.7. The van der Waals surface area contributed by atoms with Crippen molar-refractivity contribution in [3.8, 4) is 0 Å². The predicted molar refractivity (Wildman–Crippen MR) is 58.0 cm³/mol. The molecule has 0 saturated heterocycles. The van der Waals surface area contributed by atoms with Crippen LogP contribution in [0.25, 0.3) is 0 Å². The number of aryl methyl sites for hydroxylation is 2. The number of aromatic nitrogens is 2. The summed E-state index contributed by atoms with van der Waals surface area (Å²) in [6, 6.07) is 0. The Hall–Kier alpha value is -1.03. The molecule has 0 radical (unpaired) electrons. The fraction of sp³-hybridized carbons (Fsp3) is 0.600. The Kier molecular flexibility index (Phi) is 3.39. The Balaban J connectivity index is 2.61. The van der Waals surface area contributed by atoms with Crippen LogP contribution >= 0.6 is 11.6 Å². The van der Waals surface area contributed by atoms with Crippen LogP contribution in [0.2, 0.25) is 5.02 Å². The minimum absolute atomic E-state index is 0.528. The highest BCUT2D eigenvalue weighted by atomic mass is 35.5. The Morgan fingerprint density at radius 1 is 1.67 bits per heavy atom. The lowest BCUT2D eigenvalue weighted by Gasteiger charge is -2.18. The smallest absolute Gasteiger partial charge is 0.309 e. The summed E-state index contributed by atoms with van der Waals surface area (Å²) in [5, 5.41) is 13.7. The van der Waals surface area contributed by atoms with Gasteiger partial charge in [-0.05, 0) is 27.2 Å². The van der Waals surface area contributed by atoms with E-state index in [-0.39, 0.29) is 0 Å². The SMILES string of the molecule is Cc1nn(CCC(C)(C)C(=O)O)cc1Cl. The van der Waals surface area contributed by atoms with E-state index in [1.807, 2.05) is 6.92 Å². The van der Waals surface area contributed by atoms with Gasteiger partial charge in [0.25, 0.3) is 0 Å². The van der Waals surface area contributed by atoms with Crippen molar-refractivity contribution in [3.63, 3.8) is 0 Å². The molecular formula is C10H15ClN2O2. The van der Waals surface area contributed by atoms with Gasteiger partial charge in [-0.15, -0.1) is 0 Å². The van der Waals surface area contributed by atoms with Gasteiger partial charge in [0.15, 0.2) is 0 Å². The molecule has 0 unspecified atom stereocenters. The van der Waals surface area contributed by atoms with Crippen molar-refractivity contribution in [2.75, 3.05) is 0 Å². The van der Waals surface area contributed by atoms with Crippen molar-refractivity contribution >= 4 is 17.6 Å². The molecule has 0 bridgehead atoms. The minimum atomic E-state index is -0.794. The molecule has 0 aliphatic rings. The van der Waals surface area contributed by atoms with Crippen molar-refractivity contribution in [2.45, 2.75) is 33.7 Å². The molecule has 84 valence electrons. The zero-order valence-electron chi connectivity index (χ0n) is 9.12. The van der Waals surface area contributed by atoms with E-state index >= 15 is 0 Å². The van der Waals surface area contributed by atoms with Crippen LogP contribution in [0.15, 0.2) is 6.20 Å². The Labute approximate surface area is 93.9 Å². The van der Waals surface area contributed by atoms with Gasteiger partial charge in [-0.3, -0.25) is 9.48 Å². The van der Waals surface area contributed by atoms with Crippen LogP contribution in [0, 0.1) is 12.3 Å². The maximum absolute atomic E-state index is 10.9. The maximum atomic E-state index is 10.9. The highest BCUT2D eigenvalue weighted by Gasteiger charge is 2.26. The third-order valence-electron chi connectivity index (χ3n) is 2.43. The lowest BCUT2D eigenvalue weighted by atomic mass is 9.90. The van der Waals surface area contributed by atoms with E-state index in [2.05, 4.69) is 5.10 Å². The molecule has 0 fully saturated rings. The molecule has 0 amide bonds. The molecule has 4 nitrogen and oxygen atoms in total. The third-order valence-corrected chi connectivity index (χ3v) is 2.80. The molecule has 1 N–H and O–H groups in total. The first-order valence-corrected chi connectivity index (χ1v) is 5.13. The minimum Gasteiger partial charge on any atom is -0.481 e. The van der Waals surface area contributed by atoms with E-state index in [0.29, 0.717) is 18.0 Å². The standard InChI is InChI=1S/C10H15ClN2O2/c1-7-8(11)6-13(12-7)5-4-10(2,3)9(14)15/h6H,4-5H2,1-3H3,(H,14,15). The fourth-order valence-corrected chi connectivity index (χ4v) is 1.26. The Morgan fingerprint density at radius 2 is 2.27 bits per heavy atom. The molecule has 0 atom stereocenters. The van der Waals surface area contributed by atoms with Gasteiger partial charge >= 0.3 is 5.97 Å². The lowest BCUT2D eigenvalue weighted by molar-refractivity contribution is -0.147. The number of aliphatic carboxylic acids is 1. The Bertz CT molecular complexity index is 352. The van der Waals surface area contributed by atoms with Crippen molar-refractivity contribution in [1.82, 2.24) is 9.78 Å². The molecule has 0 saturated carbocycles. The number of nitrogens with zero attached hydrogens (tertiary/aromatic N) is 2. The van der Waals surface area contributed by atoms with Crippen molar-refractivity contribution in [2.24, 2.45) is 5.41 Å². The van der Waals surface area contributed by atoms with Gasteiger partial charge in [-0.25, -0.2) is 0 Å². The molecule has 0 aliphatic heterocycles. The molecular weight excluding hydrogens is 216 g/mol. The van der Waals surface area contributed by atoms with E-state index in [1.165, 1.54) is 0 Å². The molecule has 0 aromatic carbocycles. The van der Waals surface area contributed by atoms with E-state index in [4.69, 9.17) is 16.7 Å². The van der Waals surface area contributed by atoms with Crippen LogP contribution in [0.1, 0.15) is 26.0 Å². The highest BCUT2D eigenvalue weighted by molar-refractivity contribution is 6.31. The summed E-state index contributed by atoms with van der Waals surface area (Å²) in [4.78, 5) is 10.9. The monoisotopic (exact) mass is 230 g/mol. The van der Waals surface area contributed by atoms with Gasteiger partial charge < -0.3 is 5.11 Å². The summed E-state index contributed by atoms with van der Waals surface area (Å²) >= 11 is 5.84. The van der Waals surface area contributed by atoms with Crippen LogP contribution in [-0.4, -0.2) is 20.9 Å². The van der Waals surface area contributed by atoms with Crippen molar-refractivity contribution < 1.29 is 9.90 Å². The number of halogens is 1. The van der Waals surface area contributed by atoms with Gasteiger partial charge in [0.05, 0.1) is 16.1 Å². The molecule has 0 spiro atoms. The average Bonchev–Trinajstić information content (AvgIpc) is 2.43. The molecule has 5 heteroatoms. The number of carboxylic acids is 1. The maximum Gasteiger partial charge on any atom is 0.309 e. The number of carboxylic acid groups (broad SMARTS) is 1. The van der Waals surface area contributed by atoms with Crippen LogP contribution in [0.3, 0.4) is 0 Å². The number of carbonyl (C=O) groups is 1. The van der Waals surface area contributed by atoms with E-state index in [0.717, 1.165) is 5.69 Å². The second kappa shape index (κ2) is 4.23. The quantitative estimate of drug-likeness (QED) is 0.864. The molecule has 1 rings (SSSR count). The predicted octanol–water partition coefficient (Wildman–Crippen LogP) is 2.35. The van der Waals surface area contributed by atoms with Gasteiger partial charge in [0.1, 0.15) is 0 Å². The molecule has 0 aliphatic carbocycles. The van der Waals surface area contributed by atoms with Gasteiger partial charge in [-0.1, -0.05) is 11.6 Å². The van der Waals surface area contributed by atoms with E-state index in [9.17, 15) is 4.79 Å². The second-order valence-electron chi connectivity index (χ2n) is 4.26.